The zero-order valence-corrected chi connectivity index (χ0v) is 16.7. The first-order chi connectivity index (χ1) is 15.1. The van der Waals surface area contributed by atoms with Gasteiger partial charge in [0.1, 0.15) is 22.6 Å². The van der Waals surface area contributed by atoms with Crippen molar-refractivity contribution in [2.45, 2.75) is 6.92 Å². The van der Waals surface area contributed by atoms with Crippen molar-refractivity contribution >= 4 is 45.4 Å². The van der Waals surface area contributed by atoms with Gasteiger partial charge in [0.15, 0.2) is 0 Å². The molecule has 0 aliphatic heterocycles. The van der Waals surface area contributed by atoms with E-state index in [4.69, 9.17) is 9.15 Å². The highest BCUT2D eigenvalue weighted by Gasteiger charge is 2.17. The van der Waals surface area contributed by atoms with E-state index in [1.54, 1.807) is 49.4 Å². The summed E-state index contributed by atoms with van der Waals surface area (Å²) in [6, 6.07) is 21.5. The molecule has 154 valence electrons. The Bertz CT molecular complexity index is 1380. The Kier molecular flexibility index (Phi) is 5.62. The third kappa shape index (κ3) is 4.09. The third-order valence-corrected chi connectivity index (χ3v) is 4.75. The molecule has 0 bridgehead atoms. The molecule has 31 heavy (non-hydrogen) atoms. The predicted molar refractivity (Wildman–Crippen MR) is 121 cm³/mol. The van der Waals surface area contributed by atoms with Gasteiger partial charge >= 0.3 is 11.6 Å². The van der Waals surface area contributed by atoms with E-state index < -0.39 is 11.6 Å². The Morgan fingerprint density at radius 3 is 2.55 bits per heavy atom. The average molecular weight is 413 g/mol. The Labute approximate surface area is 177 Å². The van der Waals surface area contributed by atoms with Crippen molar-refractivity contribution in [3.05, 3.63) is 94.4 Å². The molecular weight excluding hydrogens is 394 g/mol. The molecule has 0 aliphatic carbocycles. The van der Waals surface area contributed by atoms with Crippen LogP contribution in [0.5, 0.6) is 0 Å². The summed E-state index contributed by atoms with van der Waals surface area (Å²) in [4.78, 5) is 29.0. The second-order valence-corrected chi connectivity index (χ2v) is 6.72. The number of nitrogens with zero attached hydrogens (tertiary/aromatic N) is 1. The van der Waals surface area contributed by atoms with Crippen LogP contribution in [0.25, 0.3) is 27.5 Å². The SMILES string of the molecule is CCOC(=O)/C(C=Nc1cc2c(ccc3ccccc32)oc1=O)=C(/O)c1ccccc1. The van der Waals surface area contributed by atoms with Crippen LogP contribution in [0.3, 0.4) is 0 Å². The van der Waals surface area contributed by atoms with Gasteiger partial charge in [0.25, 0.3) is 0 Å². The number of aliphatic imine (C=N–C) groups is 1. The van der Waals surface area contributed by atoms with Crippen molar-refractivity contribution in [2.75, 3.05) is 6.61 Å². The van der Waals surface area contributed by atoms with Crippen molar-refractivity contribution in [2.24, 2.45) is 4.99 Å². The van der Waals surface area contributed by atoms with Gasteiger partial charge in [-0.3, -0.25) is 0 Å². The Hall–Kier alpha value is -4.19. The van der Waals surface area contributed by atoms with Gasteiger partial charge in [-0.05, 0) is 29.8 Å². The summed E-state index contributed by atoms with van der Waals surface area (Å²) < 4.78 is 10.5. The van der Waals surface area contributed by atoms with Gasteiger partial charge in [0.05, 0.1) is 6.61 Å². The van der Waals surface area contributed by atoms with Crippen LogP contribution in [0.2, 0.25) is 0 Å². The lowest BCUT2D eigenvalue weighted by Crippen LogP contribution is -2.11. The summed E-state index contributed by atoms with van der Waals surface area (Å²) >= 11 is 0. The lowest BCUT2D eigenvalue weighted by Gasteiger charge is -2.07. The molecule has 0 aliphatic rings. The van der Waals surface area contributed by atoms with E-state index >= 15 is 0 Å². The molecule has 0 radical (unpaired) electrons. The fourth-order valence-electron chi connectivity index (χ4n) is 3.26. The second-order valence-electron chi connectivity index (χ2n) is 6.72. The van der Waals surface area contributed by atoms with E-state index in [1.165, 1.54) is 0 Å². The first-order valence-electron chi connectivity index (χ1n) is 9.74. The Balaban J connectivity index is 1.84. The molecule has 0 amide bonds. The number of benzene rings is 3. The van der Waals surface area contributed by atoms with Crippen LogP contribution in [0.15, 0.2) is 92.6 Å². The molecule has 3 aromatic carbocycles. The van der Waals surface area contributed by atoms with Gasteiger partial charge in [0.2, 0.25) is 0 Å². The van der Waals surface area contributed by atoms with Gasteiger partial charge in [-0.15, -0.1) is 0 Å². The van der Waals surface area contributed by atoms with Gasteiger partial charge in [-0.1, -0.05) is 60.7 Å². The maximum atomic E-state index is 12.4. The highest BCUT2D eigenvalue weighted by molar-refractivity contribution is 6.15. The quantitative estimate of drug-likeness (QED) is 0.122. The van der Waals surface area contributed by atoms with Crippen LogP contribution < -0.4 is 5.63 Å². The first kappa shape index (κ1) is 20.1. The highest BCUT2D eigenvalue weighted by Crippen LogP contribution is 2.27. The van der Waals surface area contributed by atoms with Crippen molar-refractivity contribution in [3.8, 4) is 0 Å². The monoisotopic (exact) mass is 413 g/mol. The summed E-state index contributed by atoms with van der Waals surface area (Å²) in [5.74, 6) is -1.04. The third-order valence-electron chi connectivity index (χ3n) is 4.75. The molecule has 0 saturated carbocycles. The van der Waals surface area contributed by atoms with E-state index in [0.717, 1.165) is 22.4 Å². The molecule has 4 rings (SSSR count). The van der Waals surface area contributed by atoms with E-state index in [2.05, 4.69) is 4.99 Å². The molecule has 0 atom stereocenters. The molecule has 1 aromatic heterocycles. The van der Waals surface area contributed by atoms with Crippen LogP contribution in [-0.2, 0) is 9.53 Å². The van der Waals surface area contributed by atoms with Crippen molar-refractivity contribution in [1.29, 1.82) is 0 Å². The van der Waals surface area contributed by atoms with E-state index in [1.807, 2.05) is 30.3 Å². The molecule has 0 spiro atoms. The topological polar surface area (TPSA) is 89.1 Å². The first-order valence-corrected chi connectivity index (χ1v) is 9.74. The Morgan fingerprint density at radius 1 is 1.03 bits per heavy atom. The Morgan fingerprint density at radius 2 is 1.77 bits per heavy atom. The van der Waals surface area contributed by atoms with Crippen LogP contribution in [0.4, 0.5) is 5.69 Å². The number of aliphatic hydroxyl groups is 1. The number of carbonyl (C=O) groups excluding carboxylic acids is 1. The standard InChI is InChI=1S/C25H19NO5/c1-2-30-24(28)20(23(27)17-9-4-3-5-10-17)15-26-21-14-19-18-11-7-6-8-16(18)12-13-22(19)31-25(21)29/h3-15,27H,2H2,1H3/b23-20+,26-15?. The lowest BCUT2D eigenvalue weighted by atomic mass is 10.1. The van der Waals surface area contributed by atoms with E-state index in [0.29, 0.717) is 11.1 Å². The highest BCUT2D eigenvalue weighted by atomic mass is 16.5. The number of fused-ring (bicyclic) bond motifs is 3. The number of hydrogen-bond acceptors (Lipinski definition) is 6. The smallest absolute Gasteiger partial charge is 0.362 e. The molecule has 1 N–H and O–H groups in total. The van der Waals surface area contributed by atoms with Gasteiger partial charge in [-0.2, -0.15) is 0 Å². The lowest BCUT2D eigenvalue weighted by molar-refractivity contribution is -0.137. The number of aliphatic hydroxyl groups excluding tert-OH is 1. The number of carbonyl (C=O) groups is 1. The van der Waals surface area contributed by atoms with E-state index in [-0.39, 0.29) is 23.6 Å². The maximum Gasteiger partial charge on any atom is 0.362 e. The van der Waals surface area contributed by atoms with Gasteiger partial charge in [-0.25, -0.2) is 14.6 Å². The minimum Gasteiger partial charge on any atom is -0.506 e. The fraction of sp³-hybridized carbons (Fsp3) is 0.0800. The fourth-order valence-corrected chi connectivity index (χ4v) is 3.26. The molecule has 0 saturated heterocycles. The minimum absolute atomic E-state index is 0.00603. The minimum atomic E-state index is -0.747. The van der Waals surface area contributed by atoms with Crippen LogP contribution in [-0.4, -0.2) is 23.9 Å². The van der Waals surface area contributed by atoms with Crippen LogP contribution in [0.1, 0.15) is 12.5 Å². The molecular formula is C25H19NO5. The van der Waals surface area contributed by atoms with Crippen LogP contribution >= 0.6 is 0 Å². The molecule has 6 heteroatoms. The second kappa shape index (κ2) is 8.67. The largest absolute Gasteiger partial charge is 0.506 e. The number of esters is 1. The number of rotatable bonds is 5. The predicted octanol–water partition coefficient (Wildman–Crippen LogP) is 5.18. The molecule has 6 nitrogen and oxygen atoms in total. The summed E-state index contributed by atoms with van der Waals surface area (Å²) in [7, 11) is 0. The van der Waals surface area contributed by atoms with Gasteiger partial charge < -0.3 is 14.3 Å². The van der Waals surface area contributed by atoms with Crippen LogP contribution in [0, 0.1) is 0 Å². The molecule has 1 heterocycles. The zero-order chi connectivity index (χ0) is 21.8. The zero-order valence-electron chi connectivity index (χ0n) is 16.7. The summed E-state index contributed by atoms with van der Waals surface area (Å²) in [6.45, 7) is 1.79. The number of hydrogen-bond donors (Lipinski definition) is 1. The summed E-state index contributed by atoms with van der Waals surface area (Å²) in [6.07, 6.45) is 1.13. The maximum absolute atomic E-state index is 12.4. The molecule has 0 unspecified atom stereocenters. The van der Waals surface area contributed by atoms with Crippen molar-refractivity contribution in [3.63, 3.8) is 0 Å². The number of ether oxygens (including phenoxy) is 1. The summed E-state index contributed by atoms with van der Waals surface area (Å²) in [5, 5.41) is 13.2. The van der Waals surface area contributed by atoms with Crippen molar-refractivity contribution in [1.82, 2.24) is 0 Å². The average Bonchev–Trinajstić information content (AvgIpc) is 2.80. The summed E-state index contributed by atoms with van der Waals surface area (Å²) in [5.41, 5.74) is 0.0582. The molecule has 4 aromatic rings. The van der Waals surface area contributed by atoms with Gasteiger partial charge in [0, 0.05) is 17.2 Å². The van der Waals surface area contributed by atoms with E-state index in [9.17, 15) is 14.7 Å². The molecule has 0 fully saturated rings. The van der Waals surface area contributed by atoms with Crippen molar-refractivity contribution < 1.29 is 19.1 Å². The normalized spacial score (nSPS) is 12.3.